The van der Waals surface area contributed by atoms with Crippen LogP contribution in [0.2, 0.25) is 0 Å². The molecule has 0 spiro atoms. The maximum Gasteiger partial charge on any atom is 0.236 e. The quantitative estimate of drug-likeness (QED) is 0.0569. The van der Waals surface area contributed by atoms with Gasteiger partial charge in [-0.2, -0.15) is 0 Å². The lowest BCUT2D eigenvalue weighted by Crippen LogP contribution is -2.56. The van der Waals surface area contributed by atoms with Gasteiger partial charge in [-0.05, 0) is 41.5 Å². The minimum Gasteiger partial charge on any atom is -0.394 e. The molecule has 2 amide bonds. The Labute approximate surface area is 293 Å². The first kappa shape index (κ1) is 44.7. The van der Waals surface area contributed by atoms with Crippen LogP contribution in [-0.4, -0.2) is 146 Å². The lowest BCUT2D eigenvalue weighted by Gasteiger charge is -2.36. The van der Waals surface area contributed by atoms with Crippen molar-refractivity contribution in [1.82, 2.24) is 16.0 Å². The highest BCUT2D eigenvalue weighted by Crippen LogP contribution is 2.22. The van der Waals surface area contributed by atoms with Crippen LogP contribution >= 0.6 is 47.8 Å². The molecule has 0 saturated heterocycles. The molecule has 1 unspecified atom stereocenters. The highest BCUT2D eigenvalue weighted by Gasteiger charge is 2.36. The second-order valence-electron chi connectivity index (χ2n) is 12.1. The van der Waals surface area contributed by atoms with Gasteiger partial charge in [0.1, 0.15) is 6.10 Å². The molecule has 5 N–H and O–H groups in total. The lowest BCUT2D eigenvalue weighted by atomic mass is 9.87. The number of rotatable bonds is 28. The fourth-order valence-corrected chi connectivity index (χ4v) is 3.71. The van der Waals surface area contributed by atoms with Crippen molar-refractivity contribution < 1.29 is 48.3 Å². The van der Waals surface area contributed by atoms with E-state index in [2.05, 4.69) is 63.7 Å². The summed E-state index contributed by atoms with van der Waals surface area (Å²) in [6.45, 7) is 13.8. The first-order chi connectivity index (χ1) is 20.8. The summed E-state index contributed by atoms with van der Waals surface area (Å²) in [5, 5.41) is 27.0. The van der Waals surface area contributed by atoms with Gasteiger partial charge in [-0.15, -0.1) is 0 Å². The Hall–Kier alpha value is -0.270. The smallest absolute Gasteiger partial charge is 0.236 e. The zero-order chi connectivity index (χ0) is 34.6. The van der Waals surface area contributed by atoms with Crippen molar-refractivity contribution in [3.8, 4) is 0 Å². The predicted octanol–water partition coefficient (Wildman–Crippen LogP) is 1.32. The summed E-state index contributed by atoms with van der Waals surface area (Å²) in [5.41, 5.74) is -0.786. The number of ether oxygens (including phenoxy) is 5. The number of hydrogen-bond donors (Lipinski definition) is 5. The summed E-state index contributed by atoms with van der Waals surface area (Å²) in [7, 11) is 0. The van der Waals surface area contributed by atoms with Crippen LogP contribution in [0.15, 0.2) is 0 Å². The van der Waals surface area contributed by atoms with Crippen LogP contribution in [0.25, 0.3) is 0 Å². The van der Waals surface area contributed by atoms with Crippen molar-refractivity contribution in [2.75, 3.05) is 98.9 Å². The number of hydrogen-bond acceptors (Lipinski definition) is 11. The molecule has 45 heavy (non-hydrogen) atoms. The van der Waals surface area contributed by atoms with Crippen molar-refractivity contribution in [1.29, 1.82) is 0 Å². The topological polar surface area (TPSA) is 174 Å². The van der Waals surface area contributed by atoms with Crippen LogP contribution in [0.1, 0.15) is 41.5 Å². The summed E-state index contributed by atoms with van der Waals surface area (Å²) in [4.78, 5) is 38.0. The molecule has 0 bridgehead atoms. The second kappa shape index (κ2) is 23.1. The minimum atomic E-state index is -0.883. The Balaban J connectivity index is 4.89. The average Bonchev–Trinajstić information content (AvgIpc) is 2.94. The van der Waals surface area contributed by atoms with Gasteiger partial charge in [-0.1, -0.05) is 47.8 Å². The molecule has 0 aliphatic rings. The highest BCUT2D eigenvalue weighted by atomic mass is 79.9. The zero-order valence-electron chi connectivity index (χ0n) is 27.5. The Kier molecular flexibility index (Phi) is 23.0. The number of alkyl halides is 3. The number of ketones is 1. The fraction of sp³-hybridized carbons (Fsp3) is 0.897. The van der Waals surface area contributed by atoms with E-state index in [1.807, 2.05) is 0 Å². The molecule has 1 atom stereocenters. The third-order valence-electron chi connectivity index (χ3n) is 6.19. The van der Waals surface area contributed by atoms with Gasteiger partial charge in [0, 0.05) is 25.0 Å². The Bertz CT molecular complexity index is 819. The molecule has 0 aromatic rings. The number of aliphatic hydroxyl groups is 2. The van der Waals surface area contributed by atoms with E-state index in [0.29, 0.717) is 46.2 Å². The van der Waals surface area contributed by atoms with Crippen LogP contribution in [0.4, 0.5) is 0 Å². The van der Waals surface area contributed by atoms with E-state index >= 15 is 0 Å². The van der Waals surface area contributed by atoms with Crippen molar-refractivity contribution in [3.63, 3.8) is 0 Å². The van der Waals surface area contributed by atoms with Crippen molar-refractivity contribution in [2.45, 2.75) is 60.6 Å². The third kappa shape index (κ3) is 22.8. The summed E-state index contributed by atoms with van der Waals surface area (Å²) in [6, 6.07) is 0. The monoisotopic (exact) mass is 841 g/mol. The molecule has 0 radical (unpaired) electrons. The molecule has 16 heteroatoms. The number of carbonyl (C=O) groups is 3. The number of carbonyl (C=O) groups excluding carboxylic acids is 3. The van der Waals surface area contributed by atoms with Crippen LogP contribution < -0.4 is 16.0 Å². The van der Waals surface area contributed by atoms with E-state index in [1.54, 1.807) is 41.5 Å². The van der Waals surface area contributed by atoms with E-state index in [1.165, 1.54) is 0 Å². The first-order valence-corrected chi connectivity index (χ1v) is 17.3. The number of Topliss-reactive ketones (excluding diaryl/α,β-unsaturated/α-hetero) is 1. The van der Waals surface area contributed by atoms with Crippen molar-refractivity contribution in [3.05, 3.63) is 0 Å². The average molecular weight is 844 g/mol. The second-order valence-corrected chi connectivity index (χ2v) is 18.1. The summed E-state index contributed by atoms with van der Waals surface area (Å²) < 4.78 is 25.3. The van der Waals surface area contributed by atoms with Gasteiger partial charge in [0.25, 0.3) is 0 Å². The van der Waals surface area contributed by atoms with Crippen LogP contribution in [0, 0.1) is 5.41 Å². The largest absolute Gasteiger partial charge is 0.394 e. The van der Waals surface area contributed by atoms with Crippen LogP contribution in [-0.2, 0) is 38.1 Å². The minimum absolute atomic E-state index is 0.0419. The van der Waals surface area contributed by atoms with E-state index in [4.69, 9.17) is 28.8 Å². The molecule has 0 saturated carbocycles. The van der Waals surface area contributed by atoms with Crippen LogP contribution in [0.5, 0.6) is 0 Å². The van der Waals surface area contributed by atoms with Gasteiger partial charge < -0.3 is 49.8 Å². The van der Waals surface area contributed by atoms with E-state index in [-0.39, 0.29) is 70.2 Å². The maximum atomic E-state index is 12.7. The highest BCUT2D eigenvalue weighted by molar-refractivity contribution is 9.10. The Morgan fingerprint density at radius 2 is 1.04 bits per heavy atom. The van der Waals surface area contributed by atoms with Crippen molar-refractivity contribution >= 4 is 65.4 Å². The third-order valence-corrected chi connectivity index (χ3v) is 7.36. The van der Waals surface area contributed by atoms with Gasteiger partial charge in [0.15, 0.2) is 5.78 Å². The van der Waals surface area contributed by atoms with Crippen LogP contribution in [0.3, 0.4) is 0 Å². The number of halogens is 3. The molecule has 0 aliphatic heterocycles. The van der Waals surface area contributed by atoms with Gasteiger partial charge in [-0.25, -0.2) is 0 Å². The van der Waals surface area contributed by atoms with E-state index in [9.17, 15) is 19.5 Å². The SMILES string of the molecule is CC(C)(Br)C(=O)CNCC(CNC(=O)C(C)(C)Br)(CNC(=O)C(C)(C)Br)COCCOCCOCCOCCOCC(O)CO. The molecule has 0 aliphatic carbocycles. The molecule has 266 valence electrons. The Morgan fingerprint density at radius 1 is 0.644 bits per heavy atom. The number of aliphatic hydroxyl groups excluding tert-OH is 2. The van der Waals surface area contributed by atoms with E-state index < -0.39 is 24.5 Å². The molecular weight excluding hydrogens is 790 g/mol. The van der Waals surface area contributed by atoms with E-state index in [0.717, 1.165) is 0 Å². The zero-order valence-corrected chi connectivity index (χ0v) is 32.2. The molecule has 0 fully saturated rings. The van der Waals surface area contributed by atoms with Gasteiger partial charge in [-0.3, -0.25) is 14.4 Å². The maximum absolute atomic E-state index is 12.7. The first-order valence-electron chi connectivity index (χ1n) is 14.9. The molecule has 13 nitrogen and oxygen atoms in total. The molecule has 0 rings (SSSR count). The lowest BCUT2D eigenvalue weighted by molar-refractivity contribution is -0.124. The normalized spacial score (nSPS) is 13.5. The standard InChI is InChI=1S/C29H54Br3N3O10/c1-26(2,30)23(38)15-33-18-29(19-34-24(39)27(3,4)31,20-35-25(40)28(5,6)32)21-45-14-12-43-10-8-41-7-9-42-11-13-44-17-22(37)16-36/h22,33,36-37H,7-21H2,1-6H3,(H,34,39)(H,35,40). The predicted molar refractivity (Wildman–Crippen MR) is 183 cm³/mol. The summed E-state index contributed by atoms with van der Waals surface area (Å²) >= 11 is 10.2. The van der Waals surface area contributed by atoms with Gasteiger partial charge >= 0.3 is 0 Å². The number of amides is 2. The number of nitrogens with one attached hydrogen (secondary N) is 3. The van der Waals surface area contributed by atoms with Gasteiger partial charge in [0.2, 0.25) is 11.8 Å². The Morgan fingerprint density at radius 3 is 1.42 bits per heavy atom. The molecular formula is C29H54Br3N3O10. The molecule has 0 heterocycles. The van der Waals surface area contributed by atoms with Gasteiger partial charge in [0.05, 0.1) is 92.2 Å². The summed E-state index contributed by atoms with van der Waals surface area (Å²) in [6.07, 6.45) is -0.883. The summed E-state index contributed by atoms with van der Waals surface area (Å²) in [5.74, 6) is -0.493. The van der Waals surface area contributed by atoms with Crippen molar-refractivity contribution in [2.24, 2.45) is 5.41 Å². The fourth-order valence-electron chi connectivity index (χ4n) is 3.29. The molecule has 0 aromatic carbocycles. The molecule has 0 aromatic heterocycles.